The number of hydrogen-bond acceptors (Lipinski definition) is 6. The van der Waals surface area contributed by atoms with Crippen molar-refractivity contribution >= 4 is 15.7 Å². The van der Waals surface area contributed by atoms with Gasteiger partial charge in [-0.25, -0.2) is 8.42 Å². The fraction of sp³-hybridized carbons (Fsp3) is 0.438. The summed E-state index contributed by atoms with van der Waals surface area (Å²) >= 11 is 0. The van der Waals surface area contributed by atoms with E-state index in [-0.39, 0.29) is 4.90 Å². The molecular weight excluding hydrogens is 330 g/mol. The molecule has 0 N–H and O–H groups in total. The predicted molar refractivity (Wildman–Crippen MR) is 89.9 cm³/mol. The summed E-state index contributed by atoms with van der Waals surface area (Å²) in [4.78, 5) is 2.35. The van der Waals surface area contributed by atoms with Crippen molar-refractivity contribution in [3.63, 3.8) is 0 Å². The minimum atomic E-state index is -3.57. The summed E-state index contributed by atoms with van der Waals surface area (Å²) in [6.45, 7) is 5.36. The molecule has 0 saturated carbocycles. The van der Waals surface area contributed by atoms with Crippen LogP contribution >= 0.6 is 0 Å². The van der Waals surface area contributed by atoms with Crippen LogP contribution in [0.1, 0.15) is 11.5 Å². The number of benzene rings is 1. The van der Waals surface area contributed by atoms with Crippen molar-refractivity contribution in [2.45, 2.75) is 18.7 Å². The summed E-state index contributed by atoms with van der Waals surface area (Å²) in [5.41, 5.74) is 1.44. The summed E-state index contributed by atoms with van der Waals surface area (Å²) in [7, 11) is -1.94. The molecule has 0 atom stereocenters. The van der Waals surface area contributed by atoms with Crippen LogP contribution < -0.4 is 9.64 Å². The largest absolute Gasteiger partial charge is 0.497 e. The fourth-order valence-corrected chi connectivity index (χ4v) is 4.68. The van der Waals surface area contributed by atoms with E-state index in [4.69, 9.17) is 9.26 Å². The molecule has 7 nitrogen and oxygen atoms in total. The Balaban J connectivity index is 1.75. The maximum atomic E-state index is 12.8. The quantitative estimate of drug-likeness (QED) is 0.836. The summed E-state index contributed by atoms with van der Waals surface area (Å²) in [5, 5.41) is 3.75. The zero-order valence-corrected chi connectivity index (χ0v) is 14.8. The second-order valence-corrected chi connectivity index (χ2v) is 7.62. The lowest BCUT2D eigenvalue weighted by Crippen LogP contribution is -2.48. The Bertz CT molecular complexity index is 804. The number of hydrogen-bond donors (Lipinski definition) is 0. The topological polar surface area (TPSA) is 75.9 Å². The Morgan fingerprint density at radius 1 is 1.17 bits per heavy atom. The first-order chi connectivity index (χ1) is 11.4. The molecule has 8 heteroatoms. The van der Waals surface area contributed by atoms with Crippen LogP contribution in [0.25, 0.3) is 0 Å². The van der Waals surface area contributed by atoms with Crippen molar-refractivity contribution in [3.05, 3.63) is 35.7 Å². The van der Waals surface area contributed by atoms with Gasteiger partial charge < -0.3 is 14.2 Å². The SMILES string of the molecule is COc1cccc(N2CCN(S(=O)(=O)c3c(C)noc3C)CC2)c1. The third-order valence-electron chi connectivity index (χ3n) is 4.22. The Morgan fingerprint density at radius 3 is 2.46 bits per heavy atom. The Labute approximate surface area is 141 Å². The van der Waals surface area contributed by atoms with Crippen LogP contribution in [0.3, 0.4) is 0 Å². The summed E-state index contributed by atoms with van der Waals surface area (Å²) in [5.74, 6) is 1.13. The molecule has 0 radical (unpaired) electrons. The Morgan fingerprint density at radius 2 is 1.88 bits per heavy atom. The molecule has 1 aromatic carbocycles. The molecule has 0 unspecified atom stereocenters. The van der Waals surface area contributed by atoms with Crippen LogP contribution in [0.15, 0.2) is 33.7 Å². The van der Waals surface area contributed by atoms with Gasteiger partial charge in [0.1, 0.15) is 16.3 Å². The molecule has 0 spiro atoms. The lowest BCUT2D eigenvalue weighted by Gasteiger charge is -2.35. The van der Waals surface area contributed by atoms with E-state index in [1.165, 1.54) is 4.31 Å². The summed E-state index contributed by atoms with van der Waals surface area (Å²) in [6.07, 6.45) is 0. The first-order valence-corrected chi connectivity index (χ1v) is 9.19. The smallest absolute Gasteiger partial charge is 0.248 e. The molecule has 1 fully saturated rings. The maximum absolute atomic E-state index is 12.8. The number of aryl methyl sites for hydroxylation is 2. The number of sulfonamides is 1. The lowest BCUT2D eigenvalue weighted by atomic mass is 10.2. The van der Waals surface area contributed by atoms with Crippen LogP contribution in [0.5, 0.6) is 5.75 Å². The standard InChI is InChI=1S/C16H21N3O4S/c1-12-16(13(2)23-17-12)24(20,21)19-9-7-18(8-10-19)14-5-4-6-15(11-14)22-3/h4-6,11H,7-10H2,1-3H3. The van der Waals surface area contributed by atoms with Crippen LogP contribution in [0, 0.1) is 13.8 Å². The van der Waals surface area contributed by atoms with E-state index in [1.54, 1.807) is 21.0 Å². The number of anilines is 1. The third-order valence-corrected chi connectivity index (χ3v) is 6.37. The highest BCUT2D eigenvalue weighted by atomic mass is 32.2. The van der Waals surface area contributed by atoms with Crippen molar-refractivity contribution < 1.29 is 17.7 Å². The normalized spacial score (nSPS) is 16.4. The van der Waals surface area contributed by atoms with Crippen LogP contribution in [0.2, 0.25) is 0 Å². The number of ether oxygens (including phenoxy) is 1. The van der Waals surface area contributed by atoms with Gasteiger partial charge in [0.25, 0.3) is 0 Å². The first kappa shape index (κ1) is 16.8. The van der Waals surface area contributed by atoms with E-state index in [1.807, 2.05) is 24.3 Å². The van der Waals surface area contributed by atoms with Crippen molar-refractivity contribution in [1.82, 2.24) is 9.46 Å². The Hall–Kier alpha value is -2.06. The van der Waals surface area contributed by atoms with Gasteiger partial charge in [0, 0.05) is 37.9 Å². The van der Waals surface area contributed by atoms with Gasteiger partial charge in [0.2, 0.25) is 10.0 Å². The molecule has 0 amide bonds. The van der Waals surface area contributed by atoms with Crippen LogP contribution in [0.4, 0.5) is 5.69 Å². The number of rotatable bonds is 4. The second kappa shape index (κ2) is 6.45. The van der Waals surface area contributed by atoms with E-state index in [0.29, 0.717) is 37.6 Å². The van der Waals surface area contributed by atoms with Crippen molar-refractivity contribution in [3.8, 4) is 5.75 Å². The second-order valence-electron chi connectivity index (χ2n) is 5.75. The van der Waals surface area contributed by atoms with E-state index in [2.05, 4.69) is 10.1 Å². The molecular formula is C16H21N3O4S. The van der Waals surface area contributed by atoms with Crippen LogP contribution in [-0.2, 0) is 10.0 Å². The van der Waals surface area contributed by atoms with Gasteiger partial charge in [0.15, 0.2) is 5.76 Å². The summed E-state index contributed by atoms with van der Waals surface area (Å²) in [6, 6.07) is 7.78. The van der Waals surface area contributed by atoms with Gasteiger partial charge in [-0.3, -0.25) is 0 Å². The monoisotopic (exact) mass is 351 g/mol. The molecule has 24 heavy (non-hydrogen) atoms. The zero-order valence-electron chi connectivity index (χ0n) is 14.0. The highest BCUT2D eigenvalue weighted by Gasteiger charge is 2.33. The minimum absolute atomic E-state index is 0.192. The van der Waals surface area contributed by atoms with Crippen molar-refractivity contribution in [2.75, 3.05) is 38.2 Å². The number of nitrogens with zero attached hydrogens (tertiary/aromatic N) is 3. The van der Waals surface area contributed by atoms with Gasteiger partial charge >= 0.3 is 0 Å². The highest BCUT2D eigenvalue weighted by molar-refractivity contribution is 7.89. The van der Waals surface area contributed by atoms with E-state index < -0.39 is 10.0 Å². The van der Waals surface area contributed by atoms with Gasteiger partial charge in [-0.1, -0.05) is 11.2 Å². The molecule has 0 aliphatic carbocycles. The van der Waals surface area contributed by atoms with Crippen LogP contribution in [-0.4, -0.2) is 51.2 Å². The predicted octanol–water partition coefficient (Wildman–Crippen LogP) is 1.81. The molecule has 3 rings (SSSR count). The summed E-state index contributed by atoms with van der Waals surface area (Å²) < 4.78 is 37.4. The molecule has 1 aliphatic rings. The molecule has 2 aromatic rings. The molecule has 1 aromatic heterocycles. The minimum Gasteiger partial charge on any atom is -0.497 e. The van der Waals surface area contributed by atoms with Gasteiger partial charge in [-0.05, 0) is 26.0 Å². The number of piperazine rings is 1. The first-order valence-electron chi connectivity index (χ1n) is 7.75. The number of methoxy groups -OCH3 is 1. The van der Waals surface area contributed by atoms with Gasteiger partial charge in [-0.15, -0.1) is 0 Å². The third kappa shape index (κ3) is 2.99. The average molecular weight is 351 g/mol. The maximum Gasteiger partial charge on any atom is 0.248 e. The van der Waals surface area contributed by atoms with Gasteiger partial charge in [-0.2, -0.15) is 4.31 Å². The molecule has 1 aliphatic heterocycles. The molecule has 1 saturated heterocycles. The highest BCUT2D eigenvalue weighted by Crippen LogP contribution is 2.26. The van der Waals surface area contributed by atoms with Crippen molar-refractivity contribution in [2.24, 2.45) is 0 Å². The fourth-order valence-electron chi connectivity index (χ4n) is 2.97. The zero-order chi connectivity index (χ0) is 17.3. The molecule has 130 valence electrons. The number of aromatic nitrogens is 1. The average Bonchev–Trinajstić information content (AvgIpc) is 2.94. The molecule has 0 bridgehead atoms. The van der Waals surface area contributed by atoms with Crippen molar-refractivity contribution in [1.29, 1.82) is 0 Å². The van der Waals surface area contributed by atoms with Gasteiger partial charge in [0.05, 0.1) is 7.11 Å². The van der Waals surface area contributed by atoms with E-state index in [9.17, 15) is 8.42 Å². The Kier molecular flexibility index (Phi) is 4.51. The molecule has 2 heterocycles. The van der Waals surface area contributed by atoms with E-state index in [0.717, 1.165) is 11.4 Å². The lowest BCUT2D eigenvalue weighted by molar-refractivity contribution is 0.378. The van der Waals surface area contributed by atoms with E-state index >= 15 is 0 Å².